The number of nitrogens with zero attached hydrogens (tertiary/aromatic N) is 1. The smallest absolute Gasteiger partial charge is 0.277 e. The zero-order valence-corrected chi connectivity index (χ0v) is 13.9. The van der Waals surface area contributed by atoms with Gasteiger partial charge in [-0.25, -0.2) is 5.43 Å². The Morgan fingerprint density at radius 3 is 2.71 bits per heavy atom. The van der Waals surface area contributed by atoms with Crippen molar-refractivity contribution in [1.29, 1.82) is 0 Å². The average Bonchev–Trinajstić information content (AvgIpc) is 3.01. The van der Waals surface area contributed by atoms with Crippen LogP contribution in [0.5, 0.6) is 5.75 Å². The average molecular weight is 367 g/mol. The van der Waals surface area contributed by atoms with E-state index in [-0.39, 0.29) is 12.5 Å². The molecule has 1 aromatic carbocycles. The SMILES string of the molecule is CC/C(=N/NC(=O)COc1ccc(Br)cc1)c1cccs1. The molecular weight excluding hydrogens is 352 g/mol. The van der Waals surface area contributed by atoms with Gasteiger partial charge in [0.25, 0.3) is 5.91 Å². The molecule has 0 aliphatic rings. The fourth-order valence-corrected chi connectivity index (χ4v) is 2.64. The lowest BCUT2D eigenvalue weighted by Crippen LogP contribution is -2.25. The largest absolute Gasteiger partial charge is 0.484 e. The summed E-state index contributed by atoms with van der Waals surface area (Å²) in [4.78, 5) is 12.8. The van der Waals surface area contributed by atoms with Crippen LogP contribution in [0.25, 0.3) is 0 Å². The van der Waals surface area contributed by atoms with Crippen LogP contribution < -0.4 is 10.2 Å². The van der Waals surface area contributed by atoms with E-state index in [1.807, 2.05) is 36.6 Å². The third kappa shape index (κ3) is 4.99. The van der Waals surface area contributed by atoms with E-state index >= 15 is 0 Å². The number of rotatable bonds is 6. The number of carbonyl (C=O) groups excluding carboxylic acids is 1. The van der Waals surface area contributed by atoms with E-state index < -0.39 is 0 Å². The number of hydrazone groups is 1. The summed E-state index contributed by atoms with van der Waals surface area (Å²) >= 11 is 4.94. The summed E-state index contributed by atoms with van der Waals surface area (Å²) in [6.07, 6.45) is 0.758. The molecule has 21 heavy (non-hydrogen) atoms. The van der Waals surface area contributed by atoms with Crippen molar-refractivity contribution in [2.75, 3.05) is 6.61 Å². The zero-order valence-electron chi connectivity index (χ0n) is 11.5. The molecule has 4 nitrogen and oxygen atoms in total. The van der Waals surface area contributed by atoms with Gasteiger partial charge in [0, 0.05) is 4.47 Å². The molecule has 0 bridgehead atoms. The predicted octanol–water partition coefficient (Wildman–Crippen LogP) is 3.82. The monoisotopic (exact) mass is 366 g/mol. The molecule has 0 saturated heterocycles. The van der Waals surface area contributed by atoms with Gasteiger partial charge in [-0.05, 0) is 42.1 Å². The molecule has 0 unspecified atom stereocenters. The van der Waals surface area contributed by atoms with E-state index in [9.17, 15) is 4.79 Å². The molecule has 2 rings (SSSR count). The second kappa shape index (κ2) is 7.95. The predicted molar refractivity (Wildman–Crippen MR) is 88.9 cm³/mol. The van der Waals surface area contributed by atoms with Crippen molar-refractivity contribution in [2.24, 2.45) is 5.10 Å². The van der Waals surface area contributed by atoms with E-state index in [2.05, 4.69) is 26.5 Å². The Balaban J connectivity index is 1.85. The summed E-state index contributed by atoms with van der Waals surface area (Å²) in [7, 11) is 0. The van der Waals surface area contributed by atoms with Crippen LogP contribution in [0.2, 0.25) is 0 Å². The number of hydrogen-bond acceptors (Lipinski definition) is 4. The first kappa shape index (κ1) is 15.7. The molecule has 0 spiro atoms. The molecule has 1 amide bonds. The van der Waals surface area contributed by atoms with Crippen LogP contribution in [0, 0.1) is 0 Å². The maximum absolute atomic E-state index is 11.7. The van der Waals surface area contributed by atoms with E-state index in [4.69, 9.17) is 4.74 Å². The van der Waals surface area contributed by atoms with Crippen LogP contribution in [0.4, 0.5) is 0 Å². The summed E-state index contributed by atoms with van der Waals surface area (Å²) in [5.41, 5.74) is 3.39. The number of carbonyl (C=O) groups is 1. The molecule has 0 aliphatic carbocycles. The number of ether oxygens (including phenoxy) is 1. The summed E-state index contributed by atoms with van der Waals surface area (Å²) < 4.78 is 6.35. The number of amides is 1. The van der Waals surface area contributed by atoms with Crippen LogP contribution in [0.1, 0.15) is 18.2 Å². The quantitative estimate of drug-likeness (QED) is 0.623. The fraction of sp³-hybridized carbons (Fsp3) is 0.200. The zero-order chi connectivity index (χ0) is 15.1. The van der Waals surface area contributed by atoms with E-state index in [0.29, 0.717) is 5.75 Å². The summed E-state index contributed by atoms with van der Waals surface area (Å²) in [5, 5.41) is 6.14. The second-order valence-corrected chi connectivity index (χ2v) is 6.03. The van der Waals surface area contributed by atoms with Gasteiger partial charge in [0.05, 0.1) is 10.6 Å². The first-order chi connectivity index (χ1) is 10.2. The van der Waals surface area contributed by atoms with E-state index in [1.165, 1.54) is 0 Å². The Morgan fingerprint density at radius 2 is 2.10 bits per heavy atom. The van der Waals surface area contributed by atoms with Crippen molar-refractivity contribution >= 4 is 38.9 Å². The highest BCUT2D eigenvalue weighted by Gasteiger charge is 2.05. The minimum Gasteiger partial charge on any atom is -0.484 e. The van der Waals surface area contributed by atoms with E-state index in [0.717, 1.165) is 21.5 Å². The van der Waals surface area contributed by atoms with Crippen LogP contribution >= 0.6 is 27.3 Å². The van der Waals surface area contributed by atoms with Gasteiger partial charge in [-0.3, -0.25) is 4.79 Å². The molecule has 1 heterocycles. The van der Waals surface area contributed by atoms with Gasteiger partial charge in [-0.15, -0.1) is 11.3 Å². The number of nitrogens with one attached hydrogen (secondary N) is 1. The van der Waals surface area contributed by atoms with Crippen molar-refractivity contribution in [3.8, 4) is 5.75 Å². The van der Waals surface area contributed by atoms with Gasteiger partial charge >= 0.3 is 0 Å². The van der Waals surface area contributed by atoms with Crippen LogP contribution in [0.15, 0.2) is 51.4 Å². The molecule has 1 N–H and O–H groups in total. The fourth-order valence-electron chi connectivity index (χ4n) is 1.59. The maximum Gasteiger partial charge on any atom is 0.277 e. The van der Waals surface area contributed by atoms with Crippen LogP contribution in [0.3, 0.4) is 0 Å². The lowest BCUT2D eigenvalue weighted by atomic mass is 10.2. The normalized spacial score (nSPS) is 11.2. The Kier molecular flexibility index (Phi) is 5.95. The molecule has 0 aliphatic heterocycles. The minimum atomic E-state index is -0.277. The van der Waals surface area contributed by atoms with Crippen molar-refractivity contribution in [1.82, 2.24) is 5.43 Å². The Hall–Kier alpha value is -1.66. The standard InChI is InChI=1S/C15H15BrN2O2S/c1-2-13(14-4-3-9-21-14)17-18-15(19)10-20-12-7-5-11(16)6-8-12/h3-9H,2,10H2,1H3,(H,18,19)/b17-13-. The molecule has 2 aromatic rings. The Bertz CT molecular complexity index is 609. The summed E-state index contributed by atoms with van der Waals surface area (Å²) in [5.74, 6) is 0.367. The first-order valence-electron chi connectivity index (χ1n) is 6.46. The minimum absolute atomic E-state index is 0.0629. The molecule has 6 heteroatoms. The van der Waals surface area contributed by atoms with Gasteiger partial charge in [-0.2, -0.15) is 5.10 Å². The number of hydrogen-bond donors (Lipinski definition) is 1. The highest BCUT2D eigenvalue weighted by atomic mass is 79.9. The third-order valence-corrected chi connectivity index (χ3v) is 4.09. The van der Waals surface area contributed by atoms with Gasteiger partial charge < -0.3 is 4.74 Å². The lowest BCUT2D eigenvalue weighted by Gasteiger charge is -2.06. The third-order valence-electron chi connectivity index (χ3n) is 2.64. The molecule has 110 valence electrons. The molecular formula is C15H15BrN2O2S. The van der Waals surface area contributed by atoms with Crippen molar-refractivity contribution in [3.05, 3.63) is 51.1 Å². The van der Waals surface area contributed by atoms with Crippen molar-refractivity contribution < 1.29 is 9.53 Å². The summed E-state index contributed by atoms with van der Waals surface area (Å²) in [6, 6.07) is 11.3. The van der Waals surface area contributed by atoms with Gasteiger partial charge in [0.1, 0.15) is 5.75 Å². The van der Waals surface area contributed by atoms with Crippen molar-refractivity contribution in [2.45, 2.75) is 13.3 Å². The van der Waals surface area contributed by atoms with Crippen LogP contribution in [-0.4, -0.2) is 18.2 Å². The molecule has 0 atom stereocenters. The topological polar surface area (TPSA) is 50.7 Å². The van der Waals surface area contributed by atoms with Gasteiger partial charge in [-0.1, -0.05) is 28.9 Å². The molecule has 0 radical (unpaired) electrons. The maximum atomic E-state index is 11.7. The second-order valence-electron chi connectivity index (χ2n) is 4.17. The van der Waals surface area contributed by atoms with Gasteiger partial charge in [0.2, 0.25) is 0 Å². The molecule has 0 saturated carbocycles. The van der Waals surface area contributed by atoms with Crippen LogP contribution in [-0.2, 0) is 4.79 Å². The van der Waals surface area contributed by atoms with Crippen molar-refractivity contribution in [3.63, 3.8) is 0 Å². The van der Waals surface area contributed by atoms with E-state index in [1.54, 1.807) is 23.5 Å². The number of thiophene rings is 1. The number of benzene rings is 1. The highest BCUT2D eigenvalue weighted by molar-refractivity contribution is 9.10. The van der Waals surface area contributed by atoms with Gasteiger partial charge in [0.15, 0.2) is 6.61 Å². The Labute approximate surface area is 136 Å². The lowest BCUT2D eigenvalue weighted by molar-refractivity contribution is -0.123. The highest BCUT2D eigenvalue weighted by Crippen LogP contribution is 2.16. The first-order valence-corrected chi connectivity index (χ1v) is 8.14. The Morgan fingerprint density at radius 1 is 1.33 bits per heavy atom. The molecule has 1 aromatic heterocycles. The number of halogens is 1. The summed E-state index contributed by atoms with van der Waals surface area (Å²) in [6.45, 7) is 1.94. The molecule has 0 fully saturated rings.